The van der Waals surface area contributed by atoms with Crippen LogP contribution in [0, 0.1) is 5.92 Å². The molecule has 0 saturated carbocycles. The zero-order valence-electron chi connectivity index (χ0n) is 10.1. The van der Waals surface area contributed by atoms with Crippen molar-refractivity contribution in [3.8, 4) is 0 Å². The first-order valence-corrected chi connectivity index (χ1v) is 5.81. The number of nitrogens with one attached hydrogen (secondary N) is 1. The summed E-state index contributed by atoms with van der Waals surface area (Å²) in [7, 11) is 0. The van der Waals surface area contributed by atoms with Crippen molar-refractivity contribution in [3.63, 3.8) is 0 Å². The van der Waals surface area contributed by atoms with Gasteiger partial charge in [-0.05, 0) is 24.1 Å². The Morgan fingerprint density at radius 2 is 2.00 bits per heavy atom. The molecule has 1 heterocycles. The smallest absolute Gasteiger partial charge is 0.225 e. The molecule has 0 radical (unpaired) electrons. The van der Waals surface area contributed by atoms with Crippen LogP contribution in [-0.4, -0.2) is 10.9 Å². The number of aromatic nitrogens is 1. The number of nitrogens with zero attached hydrogens (tertiary/aromatic N) is 1. The van der Waals surface area contributed by atoms with E-state index in [1.165, 1.54) is 0 Å². The fourth-order valence-electron chi connectivity index (χ4n) is 1.70. The number of para-hydroxylation sites is 1. The van der Waals surface area contributed by atoms with Crippen LogP contribution in [0.5, 0.6) is 0 Å². The number of benzene rings is 1. The zero-order valence-corrected chi connectivity index (χ0v) is 10.1. The summed E-state index contributed by atoms with van der Waals surface area (Å²) >= 11 is 0. The normalized spacial score (nSPS) is 10.8. The van der Waals surface area contributed by atoms with Crippen LogP contribution in [-0.2, 0) is 4.79 Å². The maximum Gasteiger partial charge on any atom is 0.225 e. The lowest BCUT2D eigenvalue weighted by Gasteiger charge is -2.07. The van der Waals surface area contributed by atoms with E-state index >= 15 is 0 Å². The van der Waals surface area contributed by atoms with Crippen LogP contribution in [0.25, 0.3) is 10.9 Å². The number of rotatable bonds is 3. The van der Waals surface area contributed by atoms with Crippen molar-refractivity contribution in [2.75, 3.05) is 5.32 Å². The standard InChI is InChI=1S/C14H16N2O/c1-10(2)9-14(17)16-13-8-7-11-5-3-4-6-12(11)15-13/h3-8,10H,9H2,1-2H3,(H,15,16,17). The molecule has 0 saturated heterocycles. The third-order valence-corrected chi connectivity index (χ3v) is 2.46. The monoisotopic (exact) mass is 228 g/mol. The molecule has 0 unspecified atom stereocenters. The van der Waals surface area contributed by atoms with Gasteiger partial charge in [-0.2, -0.15) is 0 Å². The minimum absolute atomic E-state index is 0.0165. The van der Waals surface area contributed by atoms with Crippen molar-refractivity contribution in [1.29, 1.82) is 0 Å². The van der Waals surface area contributed by atoms with Gasteiger partial charge in [0, 0.05) is 11.8 Å². The summed E-state index contributed by atoms with van der Waals surface area (Å²) in [5, 5.41) is 3.89. The summed E-state index contributed by atoms with van der Waals surface area (Å²) in [6.45, 7) is 4.04. The van der Waals surface area contributed by atoms with E-state index in [0.29, 0.717) is 18.2 Å². The number of carbonyl (C=O) groups excluding carboxylic acids is 1. The van der Waals surface area contributed by atoms with E-state index in [-0.39, 0.29) is 5.91 Å². The van der Waals surface area contributed by atoms with Gasteiger partial charge in [0.15, 0.2) is 0 Å². The van der Waals surface area contributed by atoms with Gasteiger partial charge in [-0.3, -0.25) is 4.79 Å². The van der Waals surface area contributed by atoms with Crippen LogP contribution >= 0.6 is 0 Å². The zero-order chi connectivity index (χ0) is 12.3. The molecule has 1 aromatic heterocycles. The molecular formula is C14H16N2O. The van der Waals surface area contributed by atoms with Crippen molar-refractivity contribution in [1.82, 2.24) is 4.98 Å². The molecule has 1 amide bonds. The highest BCUT2D eigenvalue weighted by molar-refractivity contribution is 5.91. The molecular weight excluding hydrogens is 212 g/mol. The lowest BCUT2D eigenvalue weighted by Crippen LogP contribution is -2.14. The third kappa shape index (κ3) is 3.03. The van der Waals surface area contributed by atoms with E-state index in [1.807, 2.05) is 50.2 Å². The van der Waals surface area contributed by atoms with Gasteiger partial charge in [-0.25, -0.2) is 4.98 Å². The lowest BCUT2D eigenvalue weighted by atomic mass is 10.1. The first kappa shape index (κ1) is 11.6. The molecule has 1 aromatic carbocycles. The first-order valence-electron chi connectivity index (χ1n) is 5.81. The van der Waals surface area contributed by atoms with Crippen molar-refractivity contribution in [2.24, 2.45) is 5.92 Å². The second-order valence-electron chi connectivity index (χ2n) is 4.54. The van der Waals surface area contributed by atoms with E-state index in [9.17, 15) is 4.79 Å². The van der Waals surface area contributed by atoms with Crippen LogP contribution in [0.3, 0.4) is 0 Å². The Morgan fingerprint density at radius 3 is 2.76 bits per heavy atom. The summed E-state index contributed by atoms with van der Waals surface area (Å²) in [4.78, 5) is 16.0. The van der Waals surface area contributed by atoms with E-state index in [4.69, 9.17) is 0 Å². The van der Waals surface area contributed by atoms with Gasteiger partial charge >= 0.3 is 0 Å². The summed E-state index contributed by atoms with van der Waals surface area (Å²) < 4.78 is 0. The van der Waals surface area contributed by atoms with E-state index < -0.39 is 0 Å². The second kappa shape index (κ2) is 4.95. The number of anilines is 1. The van der Waals surface area contributed by atoms with Crippen molar-refractivity contribution in [3.05, 3.63) is 36.4 Å². The van der Waals surface area contributed by atoms with E-state index in [1.54, 1.807) is 0 Å². The molecule has 88 valence electrons. The Kier molecular flexibility index (Phi) is 3.38. The summed E-state index contributed by atoms with van der Waals surface area (Å²) in [6.07, 6.45) is 0.522. The topological polar surface area (TPSA) is 42.0 Å². The number of hydrogen-bond acceptors (Lipinski definition) is 2. The van der Waals surface area contributed by atoms with E-state index in [2.05, 4.69) is 10.3 Å². The molecule has 1 N–H and O–H groups in total. The molecule has 0 aliphatic rings. The van der Waals surface area contributed by atoms with Crippen LogP contribution in [0.2, 0.25) is 0 Å². The maximum absolute atomic E-state index is 11.6. The number of pyridine rings is 1. The molecule has 17 heavy (non-hydrogen) atoms. The van der Waals surface area contributed by atoms with Crippen LogP contribution < -0.4 is 5.32 Å². The predicted molar refractivity (Wildman–Crippen MR) is 69.8 cm³/mol. The SMILES string of the molecule is CC(C)CC(=O)Nc1ccc2ccccc2n1. The second-order valence-corrected chi connectivity index (χ2v) is 4.54. The van der Waals surface area contributed by atoms with Crippen molar-refractivity contribution >= 4 is 22.6 Å². The van der Waals surface area contributed by atoms with Gasteiger partial charge in [0.2, 0.25) is 5.91 Å². The van der Waals surface area contributed by atoms with Crippen molar-refractivity contribution in [2.45, 2.75) is 20.3 Å². The van der Waals surface area contributed by atoms with Crippen LogP contribution in [0.15, 0.2) is 36.4 Å². The minimum atomic E-state index is 0.0165. The molecule has 0 spiro atoms. The fraction of sp³-hybridized carbons (Fsp3) is 0.286. The molecule has 2 aromatic rings. The quantitative estimate of drug-likeness (QED) is 0.876. The Hall–Kier alpha value is -1.90. The Morgan fingerprint density at radius 1 is 1.24 bits per heavy atom. The molecule has 2 rings (SSSR count). The highest BCUT2D eigenvalue weighted by atomic mass is 16.1. The highest BCUT2D eigenvalue weighted by Crippen LogP contribution is 2.15. The van der Waals surface area contributed by atoms with Crippen molar-refractivity contribution < 1.29 is 4.79 Å². The molecule has 3 heteroatoms. The number of amides is 1. The van der Waals surface area contributed by atoms with Gasteiger partial charge < -0.3 is 5.32 Å². The maximum atomic E-state index is 11.6. The molecule has 0 atom stereocenters. The Bertz CT molecular complexity index is 534. The van der Waals surface area contributed by atoms with Crippen LogP contribution in [0.1, 0.15) is 20.3 Å². The van der Waals surface area contributed by atoms with Gasteiger partial charge in [-0.1, -0.05) is 32.0 Å². The average Bonchev–Trinajstić information content (AvgIpc) is 2.27. The molecule has 3 nitrogen and oxygen atoms in total. The minimum Gasteiger partial charge on any atom is -0.311 e. The van der Waals surface area contributed by atoms with Gasteiger partial charge in [-0.15, -0.1) is 0 Å². The predicted octanol–water partition coefficient (Wildman–Crippen LogP) is 3.22. The average molecular weight is 228 g/mol. The summed E-state index contributed by atoms with van der Waals surface area (Å²) in [5.74, 6) is 0.993. The van der Waals surface area contributed by atoms with E-state index in [0.717, 1.165) is 10.9 Å². The van der Waals surface area contributed by atoms with Gasteiger partial charge in [0.1, 0.15) is 5.82 Å². The molecule has 0 bridgehead atoms. The summed E-state index contributed by atoms with van der Waals surface area (Å²) in [5.41, 5.74) is 0.898. The van der Waals surface area contributed by atoms with Crippen LogP contribution in [0.4, 0.5) is 5.82 Å². The highest BCUT2D eigenvalue weighted by Gasteiger charge is 2.06. The first-order chi connectivity index (χ1) is 8.15. The number of hydrogen-bond donors (Lipinski definition) is 1. The van der Waals surface area contributed by atoms with Gasteiger partial charge in [0.25, 0.3) is 0 Å². The fourth-order valence-corrected chi connectivity index (χ4v) is 1.70. The van der Waals surface area contributed by atoms with Gasteiger partial charge in [0.05, 0.1) is 5.52 Å². The number of carbonyl (C=O) groups is 1. The Balaban J connectivity index is 2.17. The molecule has 0 aliphatic carbocycles. The lowest BCUT2D eigenvalue weighted by molar-refractivity contribution is -0.116. The third-order valence-electron chi connectivity index (χ3n) is 2.46. The summed E-state index contributed by atoms with van der Waals surface area (Å²) in [6, 6.07) is 11.7. The molecule has 0 fully saturated rings. The largest absolute Gasteiger partial charge is 0.311 e. The Labute approximate surface area is 101 Å². The molecule has 0 aliphatic heterocycles. The number of fused-ring (bicyclic) bond motifs is 1.